The van der Waals surface area contributed by atoms with Crippen molar-refractivity contribution in [3.8, 4) is 11.3 Å². The van der Waals surface area contributed by atoms with Crippen molar-refractivity contribution >= 4 is 11.7 Å². The molecule has 0 aliphatic rings. The van der Waals surface area contributed by atoms with Crippen LogP contribution in [0.3, 0.4) is 0 Å². The van der Waals surface area contributed by atoms with Gasteiger partial charge in [-0.15, -0.1) is 0 Å². The van der Waals surface area contributed by atoms with E-state index in [0.717, 1.165) is 12.8 Å². The summed E-state index contributed by atoms with van der Waals surface area (Å²) in [5.41, 5.74) is 0.272. The van der Waals surface area contributed by atoms with E-state index in [9.17, 15) is 9.59 Å². The molecule has 2 rings (SSSR count). The number of carbonyl (C=O) groups excluding carboxylic acids is 1. The molecule has 2 aromatic heterocycles. The maximum absolute atomic E-state index is 12.2. The third kappa shape index (κ3) is 4.42. The third-order valence-electron chi connectivity index (χ3n) is 3.29. The van der Waals surface area contributed by atoms with Gasteiger partial charge >= 0.3 is 11.7 Å². The van der Waals surface area contributed by atoms with Gasteiger partial charge in [-0.05, 0) is 37.1 Å². The van der Waals surface area contributed by atoms with Crippen molar-refractivity contribution in [2.75, 3.05) is 18.4 Å². The fourth-order valence-electron chi connectivity index (χ4n) is 2.22. The van der Waals surface area contributed by atoms with Crippen LogP contribution in [0, 0.1) is 0 Å². The van der Waals surface area contributed by atoms with Gasteiger partial charge in [-0.1, -0.05) is 13.8 Å². The van der Waals surface area contributed by atoms with Crippen LogP contribution >= 0.6 is 0 Å². The van der Waals surface area contributed by atoms with E-state index in [2.05, 4.69) is 10.3 Å². The molecule has 2 amide bonds. The molecule has 0 saturated heterocycles. The Bertz CT molecular complexity index is 692. The zero-order chi connectivity index (χ0) is 16.7. The first-order valence-corrected chi connectivity index (χ1v) is 7.76. The smallest absolute Gasteiger partial charge is 0.360 e. The first-order valence-electron chi connectivity index (χ1n) is 7.76. The van der Waals surface area contributed by atoms with E-state index in [-0.39, 0.29) is 11.7 Å². The number of hydrogen-bond donors (Lipinski definition) is 1. The summed E-state index contributed by atoms with van der Waals surface area (Å²) in [4.78, 5) is 30.0. The SMILES string of the molecule is CCCN(CCC)C(=O)Nc1ccc(-c2cccnc2)oc1=O. The Labute approximate surface area is 135 Å². The number of pyridine rings is 1. The van der Waals surface area contributed by atoms with E-state index in [1.807, 2.05) is 13.8 Å². The van der Waals surface area contributed by atoms with Crippen LogP contribution in [0.5, 0.6) is 0 Å². The zero-order valence-electron chi connectivity index (χ0n) is 13.4. The zero-order valence-corrected chi connectivity index (χ0v) is 13.4. The minimum Gasteiger partial charge on any atom is -0.421 e. The number of aromatic nitrogens is 1. The number of carbonyl (C=O) groups is 1. The molecular weight excluding hydrogens is 294 g/mol. The number of urea groups is 1. The fourth-order valence-corrected chi connectivity index (χ4v) is 2.22. The first kappa shape index (κ1) is 16.7. The summed E-state index contributed by atoms with van der Waals surface area (Å²) in [6, 6.07) is 6.49. The van der Waals surface area contributed by atoms with Crippen LogP contribution in [0.15, 0.2) is 45.9 Å². The molecule has 2 aromatic rings. The van der Waals surface area contributed by atoms with Crippen molar-refractivity contribution in [2.24, 2.45) is 0 Å². The molecule has 0 spiro atoms. The normalized spacial score (nSPS) is 10.3. The molecule has 122 valence electrons. The molecule has 0 aliphatic heterocycles. The molecule has 2 heterocycles. The molecule has 6 nitrogen and oxygen atoms in total. The van der Waals surface area contributed by atoms with Crippen LogP contribution in [-0.2, 0) is 0 Å². The van der Waals surface area contributed by atoms with Gasteiger partial charge in [0.1, 0.15) is 11.4 Å². The van der Waals surface area contributed by atoms with Crippen molar-refractivity contribution in [3.05, 3.63) is 47.1 Å². The van der Waals surface area contributed by atoms with Crippen molar-refractivity contribution in [1.29, 1.82) is 0 Å². The molecule has 0 aromatic carbocycles. The number of amides is 2. The molecule has 23 heavy (non-hydrogen) atoms. The Morgan fingerprint density at radius 2 is 1.96 bits per heavy atom. The van der Waals surface area contributed by atoms with Crippen LogP contribution < -0.4 is 10.9 Å². The van der Waals surface area contributed by atoms with Gasteiger partial charge in [0, 0.05) is 31.0 Å². The van der Waals surface area contributed by atoms with E-state index >= 15 is 0 Å². The highest BCUT2D eigenvalue weighted by atomic mass is 16.4. The van der Waals surface area contributed by atoms with E-state index in [1.165, 1.54) is 0 Å². The van der Waals surface area contributed by atoms with E-state index < -0.39 is 5.63 Å². The molecule has 0 radical (unpaired) electrons. The van der Waals surface area contributed by atoms with Crippen LogP contribution in [0.1, 0.15) is 26.7 Å². The Morgan fingerprint density at radius 3 is 2.52 bits per heavy atom. The van der Waals surface area contributed by atoms with Crippen LogP contribution in [-0.4, -0.2) is 29.0 Å². The van der Waals surface area contributed by atoms with Crippen LogP contribution in [0.2, 0.25) is 0 Å². The highest BCUT2D eigenvalue weighted by Crippen LogP contribution is 2.17. The minimum atomic E-state index is -0.576. The maximum atomic E-state index is 12.2. The molecule has 0 fully saturated rings. The number of nitrogens with zero attached hydrogens (tertiary/aromatic N) is 2. The highest BCUT2D eigenvalue weighted by Gasteiger charge is 2.14. The topological polar surface area (TPSA) is 75.4 Å². The second-order valence-corrected chi connectivity index (χ2v) is 5.16. The molecule has 0 aliphatic carbocycles. The number of hydrogen-bond acceptors (Lipinski definition) is 4. The minimum absolute atomic E-state index is 0.139. The first-order chi connectivity index (χ1) is 11.2. The Balaban J connectivity index is 2.15. The third-order valence-corrected chi connectivity index (χ3v) is 3.29. The van der Waals surface area contributed by atoms with Crippen molar-refractivity contribution in [2.45, 2.75) is 26.7 Å². The molecule has 0 saturated carbocycles. The molecule has 1 N–H and O–H groups in total. The maximum Gasteiger partial charge on any atom is 0.360 e. The second kappa shape index (κ2) is 8.12. The Kier molecular flexibility index (Phi) is 5.91. The predicted octanol–water partition coefficient (Wildman–Crippen LogP) is 3.36. The Hall–Kier alpha value is -2.63. The molecule has 6 heteroatoms. The van der Waals surface area contributed by atoms with Crippen molar-refractivity contribution < 1.29 is 9.21 Å². The van der Waals surface area contributed by atoms with Gasteiger partial charge in [0.05, 0.1) is 0 Å². The number of nitrogens with one attached hydrogen (secondary N) is 1. The van der Waals surface area contributed by atoms with Crippen LogP contribution in [0.25, 0.3) is 11.3 Å². The van der Waals surface area contributed by atoms with Gasteiger partial charge in [0.25, 0.3) is 0 Å². The molecule has 0 atom stereocenters. The summed E-state index contributed by atoms with van der Waals surface area (Å²) in [7, 11) is 0. The number of rotatable bonds is 6. The predicted molar refractivity (Wildman–Crippen MR) is 89.4 cm³/mol. The van der Waals surface area contributed by atoms with Crippen molar-refractivity contribution in [3.63, 3.8) is 0 Å². The number of anilines is 1. The van der Waals surface area contributed by atoms with Gasteiger partial charge < -0.3 is 14.6 Å². The summed E-state index contributed by atoms with van der Waals surface area (Å²) in [5.74, 6) is 0.417. The summed E-state index contributed by atoms with van der Waals surface area (Å²) < 4.78 is 5.27. The van der Waals surface area contributed by atoms with Gasteiger partial charge in [-0.25, -0.2) is 9.59 Å². The van der Waals surface area contributed by atoms with Gasteiger partial charge in [0.15, 0.2) is 0 Å². The lowest BCUT2D eigenvalue weighted by molar-refractivity contribution is 0.211. The Morgan fingerprint density at radius 1 is 1.22 bits per heavy atom. The van der Waals surface area contributed by atoms with E-state index in [0.29, 0.717) is 24.4 Å². The standard InChI is InChI=1S/C17H21N3O3/c1-3-10-20(11-4-2)17(22)19-14-7-8-15(23-16(14)21)13-6-5-9-18-12-13/h5-9,12H,3-4,10-11H2,1-2H3,(H,19,22). The molecular formula is C17H21N3O3. The largest absolute Gasteiger partial charge is 0.421 e. The molecule has 0 unspecified atom stereocenters. The summed E-state index contributed by atoms with van der Waals surface area (Å²) in [6.45, 7) is 5.32. The quantitative estimate of drug-likeness (QED) is 0.887. The molecule has 0 bridgehead atoms. The summed E-state index contributed by atoms with van der Waals surface area (Å²) in [5, 5.41) is 2.62. The summed E-state index contributed by atoms with van der Waals surface area (Å²) in [6.07, 6.45) is 4.98. The lowest BCUT2D eigenvalue weighted by atomic mass is 10.2. The van der Waals surface area contributed by atoms with Crippen molar-refractivity contribution in [1.82, 2.24) is 9.88 Å². The van der Waals surface area contributed by atoms with Gasteiger partial charge in [-0.2, -0.15) is 0 Å². The van der Waals surface area contributed by atoms with Gasteiger partial charge in [-0.3, -0.25) is 4.98 Å². The fraction of sp³-hybridized carbons (Fsp3) is 0.353. The highest BCUT2D eigenvalue weighted by molar-refractivity contribution is 5.89. The second-order valence-electron chi connectivity index (χ2n) is 5.16. The monoisotopic (exact) mass is 315 g/mol. The van der Waals surface area contributed by atoms with E-state index in [4.69, 9.17) is 4.42 Å². The average molecular weight is 315 g/mol. The lowest BCUT2D eigenvalue weighted by Gasteiger charge is -2.21. The average Bonchev–Trinajstić information content (AvgIpc) is 2.57. The van der Waals surface area contributed by atoms with Crippen LogP contribution in [0.4, 0.5) is 10.5 Å². The lowest BCUT2D eigenvalue weighted by Crippen LogP contribution is -2.37. The summed E-state index contributed by atoms with van der Waals surface area (Å²) >= 11 is 0. The van der Waals surface area contributed by atoms with E-state index in [1.54, 1.807) is 41.6 Å². The van der Waals surface area contributed by atoms with Gasteiger partial charge in [0.2, 0.25) is 0 Å².